The molecule has 2 heteroatoms. The standard InChI is InChI=1S/C12H8N2.C9H8.2CH4/c1-3-9-5-6-10-4-2-8-14-12(10)11(9)13-7-1;1-2-5-9-7-3-6-8(9)4-1;;/h1-8H;1-6H,7H2;2*1H4. The van der Waals surface area contributed by atoms with Gasteiger partial charge in [-0.1, -0.05) is 75.5 Å². The van der Waals surface area contributed by atoms with E-state index < -0.39 is 0 Å². The van der Waals surface area contributed by atoms with E-state index in [0.29, 0.717) is 0 Å². The summed E-state index contributed by atoms with van der Waals surface area (Å²) in [6.45, 7) is 0. The first-order valence-electron chi connectivity index (χ1n) is 7.75. The first-order chi connectivity index (χ1) is 11.4. The summed E-state index contributed by atoms with van der Waals surface area (Å²) in [7, 11) is 0. The molecule has 0 N–H and O–H groups in total. The van der Waals surface area contributed by atoms with Crippen molar-refractivity contribution in [1.29, 1.82) is 0 Å². The summed E-state index contributed by atoms with van der Waals surface area (Å²) in [6.07, 6.45) is 9.10. The second-order valence-electron chi connectivity index (χ2n) is 5.52. The van der Waals surface area contributed by atoms with Gasteiger partial charge in [-0.25, -0.2) is 0 Å². The van der Waals surface area contributed by atoms with Gasteiger partial charge >= 0.3 is 0 Å². The molecule has 2 nitrogen and oxygen atoms in total. The second kappa shape index (κ2) is 8.20. The third-order valence-corrected chi connectivity index (χ3v) is 4.03. The fourth-order valence-electron chi connectivity index (χ4n) is 2.88. The molecule has 0 aliphatic heterocycles. The van der Waals surface area contributed by atoms with Gasteiger partial charge in [0, 0.05) is 23.2 Å². The molecule has 126 valence electrons. The molecule has 1 aliphatic rings. The van der Waals surface area contributed by atoms with Crippen LogP contribution in [0.1, 0.15) is 26.0 Å². The Hall–Kier alpha value is -3.00. The smallest absolute Gasteiger partial charge is 0.0964 e. The number of rotatable bonds is 0. The van der Waals surface area contributed by atoms with E-state index in [4.69, 9.17) is 0 Å². The maximum atomic E-state index is 4.35. The Morgan fingerprint density at radius 1 is 0.640 bits per heavy atom. The minimum Gasteiger partial charge on any atom is -0.254 e. The van der Waals surface area contributed by atoms with E-state index in [0.717, 1.165) is 28.2 Å². The molecule has 0 spiro atoms. The molecule has 0 bridgehead atoms. The van der Waals surface area contributed by atoms with Gasteiger partial charge in [-0.05, 0) is 29.7 Å². The normalized spacial score (nSPS) is 11.0. The molecule has 1 aliphatic carbocycles. The summed E-state index contributed by atoms with van der Waals surface area (Å²) in [5, 5.41) is 2.28. The van der Waals surface area contributed by atoms with Crippen LogP contribution < -0.4 is 0 Å². The van der Waals surface area contributed by atoms with Crippen LogP contribution in [0.2, 0.25) is 0 Å². The minimum atomic E-state index is 0. The number of fused-ring (bicyclic) bond motifs is 4. The second-order valence-corrected chi connectivity index (χ2v) is 5.52. The minimum absolute atomic E-state index is 0. The van der Waals surface area contributed by atoms with Crippen molar-refractivity contribution in [3.05, 3.63) is 90.3 Å². The summed E-state index contributed by atoms with van der Waals surface area (Å²) in [5.41, 5.74) is 4.80. The molecule has 0 saturated heterocycles. The van der Waals surface area contributed by atoms with Gasteiger partial charge in [0.1, 0.15) is 0 Å². The highest BCUT2D eigenvalue weighted by molar-refractivity contribution is 6.02. The Kier molecular flexibility index (Phi) is 6.02. The molecule has 5 rings (SSSR count). The molecule has 4 aromatic rings. The van der Waals surface area contributed by atoms with Crippen molar-refractivity contribution in [2.24, 2.45) is 0 Å². The lowest BCUT2D eigenvalue weighted by Crippen LogP contribution is -1.83. The monoisotopic (exact) mass is 328 g/mol. The SMILES string of the molecule is C.C.C1=Cc2ccccc2C1.c1cnc2c(c1)ccc1cccnc12. The summed E-state index contributed by atoms with van der Waals surface area (Å²) in [4.78, 5) is 8.69. The number of benzene rings is 2. The summed E-state index contributed by atoms with van der Waals surface area (Å²) < 4.78 is 0. The van der Waals surface area contributed by atoms with Crippen LogP contribution in [0.25, 0.3) is 27.9 Å². The van der Waals surface area contributed by atoms with Crippen LogP contribution in [-0.2, 0) is 6.42 Å². The van der Waals surface area contributed by atoms with Crippen molar-refractivity contribution in [2.45, 2.75) is 21.3 Å². The maximum absolute atomic E-state index is 4.35. The van der Waals surface area contributed by atoms with E-state index in [-0.39, 0.29) is 14.9 Å². The van der Waals surface area contributed by atoms with Crippen LogP contribution in [0.5, 0.6) is 0 Å². The highest BCUT2D eigenvalue weighted by Crippen LogP contribution is 2.20. The van der Waals surface area contributed by atoms with E-state index in [1.807, 2.05) is 12.1 Å². The first kappa shape index (κ1) is 18.3. The lowest BCUT2D eigenvalue weighted by atomic mass is 10.1. The average Bonchev–Trinajstić information content (AvgIpc) is 3.11. The highest BCUT2D eigenvalue weighted by Gasteiger charge is 2.01. The molecule has 0 atom stereocenters. The molecule has 2 heterocycles. The summed E-state index contributed by atoms with van der Waals surface area (Å²) in [6, 6.07) is 20.6. The number of hydrogen-bond donors (Lipinski definition) is 0. The van der Waals surface area contributed by atoms with Gasteiger partial charge in [-0.15, -0.1) is 0 Å². The molecular weight excluding hydrogens is 304 g/mol. The number of allylic oxidation sites excluding steroid dienone is 1. The molecule has 2 aromatic carbocycles. The fourth-order valence-corrected chi connectivity index (χ4v) is 2.88. The van der Waals surface area contributed by atoms with E-state index in [1.165, 1.54) is 11.1 Å². The number of aromatic nitrogens is 2. The van der Waals surface area contributed by atoms with Gasteiger partial charge in [0.2, 0.25) is 0 Å². The number of pyridine rings is 2. The molecule has 0 fully saturated rings. The molecule has 0 saturated carbocycles. The van der Waals surface area contributed by atoms with Gasteiger partial charge in [0.05, 0.1) is 11.0 Å². The van der Waals surface area contributed by atoms with Crippen molar-refractivity contribution in [3.8, 4) is 0 Å². The van der Waals surface area contributed by atoms with Crippen LogP contribution in [0.3, 0.4) is 0 Å². The van der Waals surface area contributed by atoms with Gasteiger partial charge in [0.25, 0.3) is 0 Å². The lowest BCUT2D eigenvalue weighted by Gasteiger charge is -2.00. The van der Waals surface area contributed by atoms with Gasteiger partial charge in [0.15, 0.2) is 0 Å². The zero-order valence-electron chi connectivity index (χ0n) is 12.7. The largest absolute Gasteiger partial charge is 0.254 e. The van der Waals surface area contributed by atoms with Gasteiger partial charge in [-0.2, -0.15) is 0 Å². The molecule has 25 heavy (non-hydrogen) atoms. The van der Waals surface area contributed by atoms with E-state index >= 15 is 0 Å². The summed E-state index contributed by atoms with van der Waals surface area (Å²) in [5.74, 6) is 0. The molecule has 0 amide bonds. The Bertz CT molecular complexity index is 948. The highest BCUT2D eigenvalue weighted by atomic mass is 14.7. The number of nitrogens with zero attached hydrogens (tertiary/aromatic N) is 2. The predicted molar refractivity (Wildman–Crippen MR) is 110 cm³/mol. The van der Waals surface area contributed by atoms with Gasteiger partial charge < -0.3 is 0 Å². The van der Waals surface area contributed by atoms with Crippen LogP contribution in [-0.4, -0.2) is 9.97 Å². The van der Waals surface area contributed by atoms with Crippen molar-refractivity contribution in [3.63, 3.8) is 0 Å². The lowest BCUT2D eigenvalue weighted by molar-refractivity contribution is 1.31. The molecule has 2 aromatic heterocycles. The topological polar surface area (TPSA) is 25.8 Å². The van der Waals surface area contributed by atoms with Crippen molar-refractivity contribution < 1.29 is 0 Å². The Morgan fingerprint density at radius 3 is 1.84 bits per heavy atom. The summed E-state index contributed by atoms with van der Waals surface area (Å²) >= 11 is 0. The van der Waals surface area contributed by atoms with E-state index in [2.05, 4.69) is 70.7 Å². The van der Waals surface area contributed by atoms with Crippen molar-refractivity contribution in [1.82, 2.24) is 9.97 Å². The van der Waals surface area contributed by atoms with Crippen LogP contribution in [0, 0.1) is 0 Å². The predicted octanol–water partition coefficient (Wildman–Crippen LogP) is 6.31. The Morgan fingerprint density at radius 2 is 1.24 bits per heavy atom. The first-order valence-corrected chi connectivity index (χ1v) is 7.75. The Labute approximate surface area is 149 Å². The zero-order chi connectivity index (χ0) is 15.5. The maximum Gasteiger partial charge on any atom is 0.0964 e. The van der Waals surface area contributed by atoms with Crippen molar-refractivity contribution >= 4 is 27.9 Å². The molecule has 0 unspecified atom stereocenters. The van der Waals surface area contributed by atoms with Crippen LogP contribution in [0.15, 0.2) is 79.1 Å². The fraction of sp³-hybridized carbons (Fsp3) is 0.130. The molecule has 0 radical (unpaired) electrons. The van der Waals surface area contributed by atoms with E-state index in [9.17, 15) is 0 Å². The van der Waals surface area contributed by atoms with Crippen molar-refractivity contribution in [2.75, 3.05) is 0 Å². The van der Waals surface area contributed by atoms with Crippen LogP contribution >= 0.6 is 0 Å². The third-order valence-electron chi connectivity index (χ3n) is 4.03. The average molecular weight is 328 g/mol. The van der Waals surface area contributed by atoms with Gasteiger partial charge in [-0.3, -0.25) is 9.97 Å². The van der Waals surface area contributed by atoms with E-state index in [1.54, 1.807) is 12.4 Å². The van der Waals surface area contributed by atoms with Crippen LogP contribution in [0.4, 0.5) is 0 Å². The Balaban J connectivity index is 0.000000180. The molecular formula is C23H24N2. The number of hydrogen-bond acceptors (Lipinski definition) is 2. The zero-order valence-corrected chi connectivity index (χ0v) is 12.7. The third kappa shape index (κ3) is 3.74. The quantitative estimate of drug-likeness (QED) is 0.353.